The highest BCUT2D eigenvalue weighted by Crippen LogP contribution is 2.25. The van der Waals surface area contributed by atoms with Crippen molar-refractivity contribution in [3.63, 3.8) is 0 Å². The molecular weight excluding hydrogens is 129 g/mol. The maximum atomic E-state index is 12.0. The molecular formula is C6H5F3. The van der Waals surface area contributed by atoms with Gasteiger partial charge in [-0.15, -0.1) is 0 Å². The third-order valence-electron chi connectivity index (χ3n) is 1.13. The van der Waals surface area contributed by atoms with Crippen molar-refractivity contribution in [2.24, 2.45) is 0 Å². The third-order valence-corrected chi connectivity index (χ3v) is 1.13. The molecule has 0 N–H and O–H groups in total. The van der Waals surface area contributed by atoms with Gasteiger partial charge in [-0.2, -0.15) is 0 Å². The predicted octanol–water partition coefficient (Wildman–Crippen LogP) is 2.78. The van der Waals surface area contributed by atoms with E-state index in [1.807, 2.05) is 0 Å². The number of halogens is 3. The highest BCUT2D eigenvalue weighted by atomic mass is 19.2. The molecule has 0 fully saturated rings. The summed E-state index contributed by atoms with van der Waals surface area (Å²) in [6.07, 6.45) is 0.423. The second-order valence-corrected chi connectivity index (χ2v) is 1.84. The van der Waals surface area contributed by atoms with Crippen LogP contribution in [-0.4, -0.2) is 0 Å². The van der Waals surface area contributed by atoms with Crippen LogP contribution < -0.4 is 0 Å². The minimum Gasteiger partial charge on any atom is -0.212 e. The molecule has 0 aliphatic heterocycles. The van der Waals surface area contributed by atoms with Crippen LogP contribution >= 0.6 is 0 Å². The van der Waals surface area contributed by atoms with Crippen LogP contribution in [0.3, 0.4) is 0 Å². The van der Waals surface area contributed by atoms with Crippen LogP contribution in [0.2, 0.25) is 0 Å². The van der Waals surface area contributed by atoms with Crippen LogP contribution in [0.4, 0.5) is 13.2 Å². The number of rotatable bonds is 0. The van der Waals surface area contributed by atoms with Gasteiger partial charge in [0.15, 0.2) is 5.83 Å². The quantitative estimate of drug-likeness (QED) is 0.477. The Labute approximate surface area is 50.7 Å². The Kier molecular flexibility index (Phi) is 1.60. The second kappa shape index (κ2) is 2.25. The van der Waals surface area contributed by atoms with Crippen LogP contribution in [0, 0.1) is 0 Å². The van der Waals surface area contributed by atoms with E-state index < -0.39 is 17.5 Å². The number of hydrogen-bond acceptors (Lipinski definition) is 0. The molecule has 3 heteroatoms. The minimum atomic E-state index is -1.07. The highest BCUT2D eigenvalue weighted by molar-refractivity contribution is 5.22. The fraction of sp³-hybridized carbons (Fsp3) is 0.333. The topological polar surface area (TPSA) is 0 Å². The number of allylic oxidation sites excluding steroid dienone is 4. The van der Waals surface area contributed by atoms with Gasteiger partial charge in [0.2, 0.25) is 0 Å². The van der Waals surface area contributed by atoms with Gasteiger partial charge in [0.05, 0.1) is 0 Å². The fourth-order valence-corrected chi connectivity index (χ4v) is 0.637. The van der Waals surface area contributed by atoms with Crippen LogP contribution in [0.5, 0.6) is 0 Å². The first-order chi connectivity index (χ1) is 4.20. The maximum absolute atomic E-state index is 12.0. The van der Waals surface area contributed by atoms with E-state index in [1.165, 1.54) is 0 Å². The normalized spacial score (nSPS) is 20.1. The first-order valence-corrected chi connectivity index (χ1v) is 2.60. The van der Waals surface area contributed by atoms with Crippen molar-refractivity contribution in [3.8, 4) is 0 Å². The van der Waals surface area contributed by atoms with Crippen molar-refractivity contribution in [2.75, 3.05) is 0 Å². The van der Waals surface area contributed by atoms with E-state index in [-0.39, 0.29) is 12.8 Å². The van der Waals surface area contributed by atoms with Crippen molar-refractivity contribution in [3.05, 3.63) is 23.6 Å². The summed E-state index contributed by atoms with van der Waals surface area (Å²) in [5.41, 5.74) is 0. The monoisotopic (exact) mass is 134 g/mol. The Bertz CT molecular complexity index is 179. The van der Waals surface area contributed by atoms with Crippen molar-refractivity contribution in [2.45, 2.75) is 12.8 Å². The van der Waals surface area contributed by atoms with E-state index in [0.717, 1.165) is 0 Å². The van der Waals surface area contributed by atoms with E-state index >= 15 is 0 Å². The highest BCUT2D eigenvalue weighted by Gasteiger charge is 2.11. The largest absolute Gasteiger partial charge is 0.212 e. The molecule has 1 aliphatic rings. The summed E-state index contributed by atoms with van der Waals surface area (Å²) in [4.78, 5) is 0. The molecule has 0 aromatic rings. The van der Waals surface area contributed by atoms with E-state index in [1.54, 1.807) is 0 Å². The van der Waals surface area contributed by atoms with Crippen LogP contribution in [0.15, 0.2) is 23.6 Å². The molecule has 1 rings (SSSR count). The zero-order valence-electron chi connectivity index (χ0n) is 4.63. The van der Waals surface area contributed by atoms with Crippen molar-refractivity contribution < 1.29 is 13.2 Å². The molecule has 0 radical (unpaired) electrons. The van der Waals surface area contributed by atoms with Gasteiger partial charge < -0.3 is 0 Å². The summed E-state index contributed by atoms with van der Waals surface area (Å²) in [7, 11) is 0. The summed E-state index contributed by atoms with van der Waals surface area (Å²) < 4.78 is 36.1. The first kappa shape index (κ1) is 6.39. The summed E-state index contributed by atoms with van der Waals surface area (Å²) in [5.74, 6) is -2.51. The predicted molar refractivity (Wildman–Crippen MR) is 27.7 cm³/mol. The zero-order valence-corrected chi connectivity index (χ0v) is 4.63. The van der Waals surface area contributed by atoms with Gasteiger partial charge in [0.1, 0.15) is 11.7 Å². The fourth-order valence-electron chi connectivity index (χ4n) is 0.637. The van der Waals surface area contributed by atoms with Gasteiger partial charge in [0, 0.05) is 18.9 Å². The molecule has 1 aliphatic carbocycles. The first-order valence-electron chi connectivity index (χ1n) is 2.60. The molecule has 0 atom stereocenters. The molecule has 0 spiro atoms. The summed E-state index contributed by atoms with van der Waals surface area (Å²) >= 11 is 0. The zero-order chi connectivity index (χ0) is 6.85. The Morgan fingerprint density at radius 3 is 2.22 bits per heavy atom. The lowest BCUT2D eigenvalue weighted by molar-refractivity contribution is 0.475. The molecule has 9 heavy (non-hydrogen) atoms. The van der Waals surface area contributed by atoms with Gasteiger partial charge in [-0.1, -0.05) is 0 Å². The van der Waals surface area contributed by atoms with Crippen molar-refractivity contribution in [1.29, 1.82) is 0 Å². The van der Waals surface area contributed by atoms with Crippen molar-refractivity contribution in [1.82, 2.24) is 0 Å². The average molecular weight is 134 g/mol. The van der Waals surface area contributed by atoms with Crippen LogP contribution in [0.1, 0.15) is 12.8 Å². The smallest absolute Gasteiger partial charge is 0.157 e. The molecule has 0 saturated heterocycles. The lowest BCUT2D eigenvalue weighted by Crippen LogP contribution is -1.88. The lowest BCUT2D eigenvalue weighted by atomic mass is 10.1. The molecule has 0 heterocycles. The summed E-state index contributed by atoms with van der Waals surface area (Å²) in [5, 5.41) is 0. The van der Waals surface area contributed by atoms with Gasteiger partial charge >= 0.3 is 0 Å². The molecule has 0 amide bonds. The molecule has 0 aromatic carbocycles. The number of hydrogen-bond donors (Lipinski definition) is 0. The molecule has 0 aromatic heterocycles. The molecule has 0 saturated carbocycles. The Morgan fingerprint density at radius 2 is 1.78 bits per heavy atom. The Balaban J connectivity index is 2.83. The average Bonchev–Trinajstić information content (AvgIpc) is 1.80. The van der Waals surface area contributed by atoms with Gasteiger partial charge in [0.25, 0.3) is 0 Å². The van der Waals surface area contributed by atoms with Crippen molar-refractivity contribution >= 4 is 0 Å². The van der Waals surface area contributed by atoms with Gasteiger partial charge in [-0.3, -0.25) is 0 Å². The second-order valence-electron chi connectivity index (χ2n) is 1.84. The van der Waals surface area contributed by atoms with Crippen LogP contribution in [0.25, 0.3) is 0 Å². The molecule has 0 unspecified atom stereocenters. The molecule has 0 bridgehead atoms. The molecule has 0 nitrogen and oxygen atoms in total. The van der Waals surface area contributed by atoms with E-state index in [2.05, 4.69) is 0 Å². The maximum Gasteiger partial charge on any atom is 0.157 e. The van der Waals surface area contributed by atoms with E-state index in [9.17, 15) is 13.2 Å². The molecule has 50 valence electrons. The lowest BCUT2D eigenvalue weighted by Gasteiger charge is -2.02. The minimum absolute atomic E-state index is 0.0146. The van der Waals surface area contributed by atoms with Gasteiger partial charge in [-0.05, 0) is 0 Å². The Morgan fingerprint density at radius 1 is 1.11 bits per heavy atom. The van der Waals surface area contributed by atoms with E-state index in [4.69, 9.17) is 0 Å². The summed E-state index contributed by atoms with van der Waals surface area (Å²) in [6, 6.07) is 0. The van der Waals surface area contributed by atoms with Gasteiger partial charge in [-0.25, -0.2) is 13.2 Å². The standard InChI is InChI=1S/C6H5F3/c7-4-1-2-5(8)6(9)3-4/h3H,1-2H2. The van der Waals surface area contributed by atoms with E-state index in [0.29, 0.717) is 6.08 Å². The van der Waals surface area contributed by atoms with Crippen LogP contribution in [-0.2, 0) is 0 Å². The third kappa shape index (κ3) is 1.34. The SMILES string of the molecule is FC1=CC(F)=C(F)CC1. The summed E-state index contributed by atoms with van der Waals surface area (Å²) in [6.45, 7) is 0. The Hall–Kier alpha value is -0.730.